The van der Waals surface area contributed by atoms with Gasteiger partial charge in [-0.3, -0.25) is 0 Å². The van der Waals surface area contributed by atoms with Crippen molar-refractivity contribution in [2.24, 2.45) is 0 Å². The van der Waals surface area contributed by atoms with Gasteiger partial charge in [0, 0.05) is 32.4 Å². The molecular weight excluding hydrogens is 278 g/mol. The monoisotopic (exact) mass is 307 g/mol. The lowest BCUT2D eigenvalue weighted by atomic mass is 10.3. The van der Waals surface area contributed by atoms with E-state index in [0.29, 0.717) is 33.0 Å². The SMILES string of the molecule is CCOC(=O)NCCCC[Si](OCC)(OCC)OCC. The molecule has 1 amide bonds. The van der Waals surface area contributed by atoms with Crippen molar-refractivity contribution in [3.8, 4) is 0 Å². The Labute approximate surface area is 123 Å². The molecule has 120 valence electrons. The van der Waals surface area contributed by atoms with Crippen LogP contribution in [0.4, 0.5) is 4.79 Å². The highest BCUT2D eigenvalue weighted by Crippen LogP contribution is 2.19. The third-order valence-corrected chi connectivity index (χ3v) is 5.70. The molecule has 0 aliphatic rings. The van der Waals surface area contributed by atoms with Crippen LogP contribution in [0.2, 0.25) is 6.04 Å². The zero-order chi connectivity index (χ0) is 15.3. The number of unbranched alkanes of at least 4 members (excludes halogenated alkanes) is 1. The number of hydrogen-bond donors (Lipinski definition) is 1. The number of hydrogen-bond acceptors (Lipinski definition) is 5. The largest absolute Gasteiger partial charge is 0.500 e. The minimum Gasteiger partial charge on any atom is -0.450 e. The molecule has 0 saturated heterocycles. The van der Waals surface area contributed by atoms with E-state index < -0.39 is 8.80 Å². The van der Waals surface area contributed by atoms with Crippen molar-refractivity contribution in [2.75, 3.05) is 33.0 Å². The van der Waals surface area contributed by atoms with Gasteiger partial charge in [0.25, 0.3) is 0 Å². The Kier molecular flexibility index (Phi) is 11.7. The van der Waals surface area contributed by atoms with E-state index >= 15 is 0 Å². The summed E-state index contributed by atoms with van der Waals surface area (Å²) in [5.41, 5.74) is 0. The van der Waals surface area contributed by atoms with Crippen molar-refractivity contribution >= 4 is 14.9 Å². The molecule has 0 heterocycles. The molecule has 0 fully saturated rings. The van der Waals surface area contributed by atoms with E-state index in [2.05, 4.69) is 5.32 Å². The summed E-state index contributed by atoms with van der Waals surface area (Å²) < 4.78 is 22.1. The number of nitrogens with one attached hydrogen (secondary N) is 1. The van der Waals surface area contributed by atoms with Crippen LogP contribution in [-0.2, 0) is 18.0 Å². The molecule has 0 radical (unpaired) electrons. The molecule has 0 rings (SSSR count). The maximum atomic E-state index is 11.1. The topological polar surface area (TPSA) is 66.0 Å². The zero-order valence-electron chi connectivity index (χ0n) is 13.2. The van der Waals surface area contributed by atoms with Crippen LogP contribution < -0.4 is 5.32 Å². The van der Waals surface area contributed by atoms with Crippen LogP contribution in [0.5, 0.6) is 0 Å². The van der Waals surface area contributed by atoms with Gasteiger partial charge in [0.2, 0.25) is 0 Å². The second-order valence-corrected chi connectivity index (χ2v) is 6.82. The molecule has 0 spiro atoms. The molecule has 0 aliphatic carbocycles. The van der Waals surface area contributed by atoms with Crippen LogP contribution in [0.1, 0.15) is 40.5 Å². The summed E-state index contributed by atoms with van der Waals surface area (Å²) in [6, 6.07) is 0.771. The van der Waals surface area contributed by atoms with E-state index in [9.17, 15) is 4.79 Å². The van der Waals surface area contributed by atoms with E-state index in [-0.39, 0.29) is 6.09 Å². The summed E-state index contributed by atoms with van der Waals surface area (Å²) >= 11 is 0. The molecule has 6 nitrogen and oxygen atoms in total. The standard InChI is InChI=1S/C13H29NO5Si/c1-5-16-13(15)14-11-9-10-12-20(17-6-2,18-7-3)19-8-4/h5-12H2,1-4H3,(H,14,15). The van der Waals surface area contributed by atoms with E-state index in [4.69, 9.17) is 18.0 Å². The van der Waals surface area contributed by atoms with Gasteiger partial charge in [0.1, 0.15) is 0 Å². The zero-order valence-corrected chi connectivity index (χ0v) is 14.2. The fourth-order valence-electron chi connectivity index (χ4n) is 1.84. The summed E-state index contributed by atoms with van der Waals surface area (Å²) in [5, 5.41) is 2.70. The van der Waals surface area contributed by atoms with Crippen molar-refractivity contribution in [1.82, 2.24) is 5.32 Å². The maximum absolute atomic E-state index is 11.1. The van der Waals surface area contributed by atoms with Crippen LogP contribution in [0.15, 0.2) is 0 Å². The molecule has 0 atom stereocenters. The number of carbonyl (C=O) groups is 1. The van der Waals surface area contributed by atoms with Gasteiger partial charge in [-0.2, -0.15) is 0 Å². The average molecular weight is 307 g/mol. The Balaban J connectivity index is 4.02. The molecular formula is C13H29NO5Si. The van der Waals surface area contributed by atoms with Gasteiger partial charge in [-0.1, -0.05) is 0 Å². The van der Waals surface area contributed by atoms with Crippen LogP contribution in [-0.4, -0.2) is 47.9 Å². The number of alkyl carbamates (subject to hydrolysis) is 1. The molecule has 20 heavy (non-hydrogen) atoms. The van der Waals surface area contributed by atoms with E-state index in [1.807, 2.05) is 20.8 Å². The molecule has 0 unspecified atom stereocenters. The fourth-order valence-corrected chi connectivity index (χ4v) is 4.53. The summed E-state index contributed by atoms with van der Waals surface area (Å²) in [5.74, 6) is 0. The number of carbonyl (C=O) groups excluding carboxylic acids is 1. The molecule has 0 aromatic rings. The second kappa shape index (κ2) is 12.1. The maximum Gasteiger partial charge on any atom is 0.500 e. The molecule has 7 heteroatoms. The first-order valence-electron chi connectivity index (χ1n) is 7.46. The van der Waals surface area contributed by atoms with Crippen molar-refractivity contribution in [2.45, 2.75) is 46.6 Å². The molecule has 1 N–H and O–H groups in total. The van der Waals surface area contributed by atoms with Gasteiger partial charge in [0.05, 0.1) is 6.61 Å². The summed E-state index contributed by atoms with van der Waals surface area (Å²) in [6.07, 6.45) is 1.37. The van der Waals surface area contributed by atoms with Gasteiger partial charge in [-0.05, 0) is 40.5 Å². The highest BCUT2D eigenvalue weighted by Gasteiger charge is 2.39. The summed E-state index contributed by atoms with van der Waals surface area (Å²) in [7, 11) is -2.53. The molecule has 0 aromatic carbocycles. The minimum absolute atomic E-state index is 0.365. The third-order valence-electron chi connectivity index (χ3n) is 2.55. The normalized spacial score (nSPS) is 11.4. The lowest BCUT2D eigenvalue weighted by Crippen LogP contribution is -2.46. The van der Waals surface area contributed by atoms with Crippen LogP contribution >= 0.6 is 0 Å². The van der Waals surface area contributed by atoms with Crippen LogP contribution in [0.25, 0.3) is 0 Å². The second-order valence-electron chi connectivity index (χ2n) is 4.09. The first kappa shape index (κ1) is 19.4. The quantitative estimate of drug-likeness (QED) is 0.443. The van der Waals surface area contributed by atoms with Gasteiger partial charge in [0.15, 0.2) is 0 Å². The van der Waals surface area contributed by atoms with Gasteiger partial charge < -0.3 is 23.3 Å². The Morgan fingerprint density at radius 3 is 1.90 bits per heavy atom. The van der Waals surface area contributed by atoms with E-state index in [0.717, 1.165) is 18.9 Å². The van der Waals surface area contributed by atoms with Gasteiger partial charge in [-0.25, -0.2) is 4.79 Å². The number of amides is 1. The third kappa shape index (κ3) is 8.52. The van der Waals surface area contributed by atoms with Gasteiger partial charge >= 0.3 is 14.9 Å². The Bertz CT molecular complexity index is 236. The van der Waals surface area contributed by atoms with Crippen molar-refractivity contribution in [1.29, 1.82) is 0 Å². The smallest absolute Gasteiger partial charge is 0.450 e. The Morgan fingerprint density at radius 1 is 0.900 bits per heavy atom. The van der Waals surface area contributed by atoms with Crippen LogP contribution in [0.3, 0.4) is 0 Å². The van der Waals surface area contributed by atoms with Crippen LogP contribution in [0, 0.1) is 0 Å². The number of ether oxygens (including phenoxy) is 1. The minimum atomic E-state index is -2.53. The number of rotatable bonds is 12. The first-order chi connectivity index (χ1) is 9.64. The van der Waals surface area contributed by atoms with Crippen molar-refractivity contribution < 1.29 is 22.8 Å². The lowest BCUT2D eigenvalue weighted by molar-refractivity contribution is 0.0707. The van der Waals surface area contributed by atoms with Gasteiger partial charge in [-0.15, -0.1) is 0 Å². The molecule has 0 aliphatic heterocycles. The summed E-state index contributed by atoms with van der Waals surface area (Å²) in [4.78, 5) is 11.1. The highest BCUT2D eigenvalue weighted by atomic mass is 28.4. The summed E-state index contributed by atoms with van der Waals surface area (Å²) in [6.45, 7) is 10.4. The molecule has 0 saturated carbocycles. The lowest BCUT2D eigenvalue weighted by Gasteiger charge is -2.28. The molecule has 0 bridgehead atoms. The predicted octanol–water partition coefficient (Wildman–Crippen LogP) is 2.56. The predicted molar refractivity (Wildman–Crippen MR) is 79.7 cm³/mol. The Hall–Kier alpha value is -0.633. The fraction of sp³-hybridized carbons (Fsp3) is 0.923. The van der Waals surface area contributed by atoms with Crippen molar-refractivity contribution in [3.05, 3.63) is 0 Å². The highest BCUT2D eigenvalue weighted by molar-refractivity contribution is 6.60. The van der Waals surface area contributed by atoms with E-state index in [1.165, 1.54) is 0 Å². The Morgan fingerprint density at radius 2 is 1.45 bits per heavy atom. The first-order valence-corrected chi connectivity index (χ1v) is 9.39. The molecule has 0 aromatic heterocycles. The average Bonchev–Trinajstić information content (AvgIpc) is 2.39. The van der Waals surface area contributed by atoms with E-state index in [1.54, 1.807) is 6.92 Å². The van der Waals surface area contributed by atoms with Crippen molar-refractivity contribution in [3.63, 3.8) is 0 Å².